The molecule has 0 fully saturated rings. The lowest BCUT2D eigenvalue weighted by Gasteiger charge is -2.11. The minimum absolute atomic E-state index is 0.0256. The Morgan fingerprint density at radius 1 is 1.17 bits per heavy atom. The van der Waals surface area contributed by atoms with Gasteiger partial charge in [-0.15, -0.1) is 0 Å². The molecule has 29 heavy (non-hydrogen) atoms. The van der Waals surface area contributed by atoms with E-state index < -0.39 is 16.6 Å². The van der Waals surface area contributed by atoms with E-state index in [9.17, 15) is 22.5 Å². The maximum atomic E-state index is 12.4. The SMILES string of the molecule is CCn1c(-c2ccc(OC(F)F)cc2)c(C#N)c2ccc(NS(=O)(=O)CC)cc21. The highest BCUT2D eigenvalue weighted by Gasteiger charge is 2.19. The van der Waals surface area contributed by atoms with E-state index in [0.717, 1.165) is 0 Å². The number of benzene rings is 2. The topological polar surface area (TPSA) is 84.1 Å². The molecule has 0 unspecified atom stereocenters. The number of aromatic nitrogens is 1. The lowest BCUT2D eigenvalue weighted by molar-refractivity contribution is -0.0498. The number of sulfonamides is 1. The third kappa shape index (κ3) is 4.17. The molecule has 152 valence electrons. The van der Waals surface area contributed by atoms with Crippen molar-refractivity contribution in [1.29, 1.82) is 5.26 Å². The third-order valence-corrected chi connectivity index (χ3v) is 5.81. The summed E-state index contributed by atoms with van der Waals surface area (Å²) in [5, 5.41) is 10.4. The summed E-state index contributed by atoms with van der Waals surface area (Å²) >= 11 is 0. The van der Waals surface area contributed by atoms with Crippen molar-refractivity contribution in [3.63, 3.8) is 0 Å². The second kappa shape index (κ2) is 8.09. The van der Waals surface area contributed by atoms with Crippen molar-refractivity contribution in [2.45, 2.75) is 27.0 Å². The first kappa shape index (κ1) is 20.6. The van der Waals surface area contributed by atoms with Crippen LogP contribution in [0.4, 0.5) is 14.5 Å². The van der Waals surface area contributed by atoms with Gasteiger partial charge in [-0.1, -0.05) is 0 Å². The van der Waals surface area contributed by atoms with Crippen LogP contribution in [0.25, 0.3) is 22.2 Å². The van der Waals surface area contributed by atoms with Crippen LogP contribution in [0.2, 0.25) is 0 Å². The van der Waals surface area contributed by atoms with Gasteiger partial charge in [0.1, 0.15) is 11.8 Å². The lowest BCUT2D eigenvalue weighted by Crippen LogP contribution is -2.14. The van der Waals surface area contributed by atoms with Crippen LogP contribution in [0.1, 0.15) is 19.4 Å². The number of nitrogens with zero attached hydrogens (tertiary/aromatic N) is 2. The minimum atomic E-state index is -3.44. The standard InChI is InChI=1S/C20H19F2N3O3S/c1-3-25-18-11-14(24-29(26,27)4-2)7-10-16(18)17(12-23)19(25)13-5-8-15(9-6-13)28-20(21)22/h5-11,20,24H,3-4H2,1-2H3. The van der Waals surface area contributed by atoms with Gasteiger partial charge in [0.2, 0.25) is 10.0 Å². The summed E-state index contributed by atoms with van der Waals surface area (Å²) in [6.07, 6.45) is 0. The Bertz CT molecular complexity index is 1180. The number of halogens is 2. The van der Waals surface area contributed by atoms with Crippen LogP contribution in [0.5, 0.6) is 5.75 Å². The zero-order valence-electron chi connectivity index (χ0n) is 15.8. The van der Waals surface area contributed by atoms with Crippen LogP contribution in [0, 0.1) is 11.3 Å². The molecule has 2 aromatic carbocycles. The lowest BCUT2D eigenvalue weighted by atomic mass is 10.1. The first-order valence-corrected chi connectivity index (χ1v) is 10.6. The molecule has 0 amide bonds. The number of ether oxygens (including phenoxy) is 1. The zero-order chi connectivity index (χ0) is 21.2. The van der Waals surface area contributed by atoms with Gasteiger partial charge in [-0.05, 0) is 61.9 Å². The fraction of sp³-hybridized carbons (Fsp3) is 0.250. The van der Waals surface area contributed by atoms with Crippen LogP contribution in [0.3, 0.4) is 0 Å². The molecule has 0 radical (unpaired) electrons. The Morgan fingerprint density at radius 2 is 1.86 bits per heavy atom. The number of nitriles is 1. The van der Waals surface area contributed by atoms with E-state index in [1.54, 1.807) is 37.3 Å². The highest BCUT2D eigenvalue weighted by atomic mass is 32.2. The van der Waals surface area contributed by atoms with Crippen molar-refractivity contribution in [2.75, 3.05) is 10.5 Å². The van der Waals surface area contributed by atoms with Crippen molar-refractivity contribution in [1.82, 2.24) is 4.57 Å². The van der Waals surface area contributed by atoms with Crippen LogP contribution in [-0.2, 0) is 16.6 Å². The highest BCUT2D eigenvalue weighted by molar-refractivity contribution is 7.92. The van der Waals surface area contributed by atoms with Gasteiger partial charge in [0.25, 0.3) is 0 Å². The van der Waals surface area contributed by atoms with Crippen molar-refractivity contribution in [2.24, 2.45) is 0 Å². The first-order valence-electron chi connectivity index (χ1n) is 8.91. The van der Waals surface area contributed by atoms with E-state index in [2.05, 4.69) is 15.5 Å². The smallest absolute Gasteiger partial charge is 0.387 e. The second-order valence-corrected chi connectivity index (χ2v) is 8.23. The molecule has 0 aliphatic carbocycles. The fourth-order valence-electron chi connectivity index (χ4n) is 3.20. The Kier molecular flexibility index (Phi) is 5.75. The molecule has 9 heteroatoms. The summed E-state index contributed by atoms with van der Waals surface area (Å²) in [4.78, 5) is 0. The molecule has 3 aromatic rings. The molecule has 3 rings (SSSR count). The molecule has 1 heterocycles. The van der Waals surface area contributed by atoms with E-state index in [4.69, 9.17) is 0 Å². The second-order valence-electron chi connectivity index (χ2n) is 6.22. The van der Waals surface area contributed by atoms with Crippen molar-refractivity contribution >= 4 is 26.6 Å². The van der Waals surface area contributed by atoms with Crippen LogP contribution in [0.15, 0.2) is 42.5 Å². The minimum Gasteiger partial charge on any atom is -0.435 e. The maximum Gasteiger partial charge on any atom is 0.387 e. The van der Waals surface area contributed by atoms with Gasteiger partial charge >= 0.3 is 6.61 Å². The molecular formula is C20H19F2N3O3S. The predicted octanol–water partition coefficient (Wildman–Crippen LogP) is 4.56. The van der Waals surface area contributed by atoms with Crippen LogP contribution < -0.4 is 9.46 Å². The average molecular weight is 419 g/mol. The number of alkyl halides is 2. The van der Waals surface area contributed by atoms with Gasteiger partial charge in [-0.2, -0.15) is 14.0 Å². The molecule has 0 bridgehead atoms. The predicted molar refractivity (Wildman–Crippen MR) is 107 cm³/mol. The Labute approximate surface area is 167 Å². The van der Waals surface area contributed by atoms with E-state index in [1.165, 1.54) is 12.1 Å². The van der Waals surface area contributed by atoms with Crippen LogP contribution in [-0.4, -0.2) is 25.3 Å². The van der Waals surface area contributed by atoms with Crippen molar-refractivity contribution < 1.29 is 21.9 Å². The quantitative estimate of drug-likeness (QED) is 0.608. The van der Waals surface area contributed by atoms with Crippen LogP contribution >= 0.6 is 0 Å². The van der Waals surface area contributed by atoms with E-state index in [-0.39, 0.29) is 11.5 Å². The normalized spacial score (nSPS) is 11.6. The highest BCUT2D eigenvalue weighted by Crippen LogP contribution is 2.35. The Balaban J connectivity index is 2.15. The fourth-order valence-corrected chi connectivity index (χ4v) is 3.83. The maximum absolute atomic E-state index is 12.4. The molecule has 0 spiro atoms. The molecule has 0 aliphatic rings. The zero-order valence-corrected chi connectivity index (χ0v) is 16.6. The number of fused-ring (bicyclic) bond motifs is 1. The number of rotatable bonds is 7. The average Bonchev–Trinajstić information content (AvgIpc) is 3.00. The van der Waals surface area contributed by atoms with Crippen molar-refractivity contribution in [3.8, 4) is 23.1 Å². The largest absolute Gasteiger partial charge is 0.435 e. The molecule has 1 N–H and O–H groups in total. The molecule has 0 saturated carbocycles. The summed E-state index contributed by atoms with van der Waals surface area (Å²) in [6, 6.07) is 13.3. The molecule has 0 atom stereocenters. The molecule has 1 aromatic heterocycles. The van der Waals surface area contributed by atoms with Gasteiger partial charge < -0.3 is 9.30 Å². The first-order chi connectivity index (χ1) is 13.8. The molecule has 6 nitrogen and oxygen atoms in total. The summed E-state index contributed by atoms with van der Waals surface area (Å²) < 4.78 is 57.3. The van der Waals surface area contributed by atoms with Gasteiger partial charge in [-0.3, -0.25) is 4.72 Å². The number of anilines is 1. The summed E-state index contributed by atoms with van der Waals surface area (Å²) in [5.74, 6) is -0.0284. The molecular weight excluding hydrogens is 400 g/mol. The molecule has 0 aliphatic heterocycles. The monoisotopic (exact) mass is 419 g/mol. The Morgan fingerprint density at radius 3 is 2.41 bits per heavy atom. The third-order valence-electron chi connectivity index (χ3n) is 4.50. The number of hydrogen-bond acceptors (Lipinski definition) is 4. The van der Waals surface area contributed by atoms with Gasteiger partial charge in [0.15, 0.2) is 0 Å². The van der Waals surface area contributed by atoms with Gasteiger partial charge in [0, 0.05) is 11.9 Å². The summed E-state index contributed by atoms with van der Waals surface area (Å²) in [5.41, 5.74) is 2.82. The number of nitrogens with one attached hydrogen (secondary N) is 1. The van der Waals surface area contributed by atoms with E-state index in [0.29, 0.717) is 40.0 Å². The van der Waals surface area contributed by atoms with Gasteiger partial charge in [0.05, 0.1) is 28.2 Å². The van der Waals surface area contributed by atoms with E-state index >= 15 is 0 Å². The Hall–Kier alpha value is -3.12. The number of aryl methyl sites for hydroxylation is 1. The number of hydrogen-bond donors (Lipinski definition) is 1. The van der Waals surface area contributed by atoms with E-state index in [1.807, 2.05) is 11.5 Å². The summed E-state index contributed by atoms with van der Waals surface area (Å²) in [6.45, 7) is 1.06. The van der Waals surface area contributed by atoms with Gasteiger partial charge in [-0.25, -0.2) is 8.42 Å². The summed E-state index contributed by atoms with van der Waals surface area (Å²) in [7, 11) is -3.44. The van der Waals surface area contributed by atoms with Crippen molar-refractivity contribution in [3.05, 3.63) is 48.0 Å². The molecule has 0 saturated heterocycles.